The summed E-state index contributed by atoms with van der Waals surface area (Å²) in [7, 11) is 0. The van der Waals surface area contributed by atoms with Crippen molar-refractivity contribution < 1.29 is 4.42 Å². The van der Waals surface area contributed by atoms with Gasteiger partial charge in [-0.25, -0.2) is 4.98 Å². The Balaban J connectivity index is 1.43. The highest BCUT2D eigenvalue weighted by Crippen LogP contribution is 2.45. The van der Waals surface area contributed by atoms with Crippen LogP contribution in [0, 0.1) is 0 Å². The molecule has 0 fully saturated rings. The molecule has 0 radical (unpaired) electrons. The first-order valence-corrected chi connectivity index (χ1v) is 13.9. The molecule has 9 aromatic rings. The van der Waals surface area contributed by atoms with Crippen LogP contribution < -0.4 is 0 Å². The first-order valence-electron chi connectivity index (χ1n) is 13.1. The van der Waals surface area contributed by atoms with Gasteiger partial charge in [-0.1, -0.05) is 108 Å². The number of thiazole rings is 1. The Morgan fingerprint density at radius 3 is 2.26 bits per heavy atom. The van der Waals surface area contributed by atoms with E-state index in [1.54, 1.807) is 11.3 Å². The molecule has 0 aliphatic carbocycles. The Morgan fingerprint density at radius 2 is 1.36 bits per heavy atom. The van der Waals surface area contributed by atoms with Crippen molar-refractivity contribution in [2.45, 2.75) is 0 Å². The molecular formula is C35H20N2OS. The lowest BCUT2D eigenvalue weighted by atomic mass is 10.0. The molecule has 0 saturated carbocycles. The Morgan fingerprint density at radius 1 is 0.615 bits per heavy atom. The van der Waals surface area contributed by atoms with Gasteiger partial charge in [-0.15, -0.1) is 0 Å². The second-order valence-corrected chi connectivity index (χ2v) is 10.9. The Kier molecular flexibility index (Phi) is 4.21. The molecule has 0 aliphatic rings. The van der Waals surface area contributed by atoms with Crippen molar-refractivity contribution in [2.24, 2.45) is 0 Å². The Labute approximate surface area is 227 Å². The first kappa shape index (κ1) is 21.1. The second-order valence-electron chi connectivity index (χ2n) is 9.97. The number of fused-ring (bicyclic) bond motifs is 10. The normalized spacial score (nSPS) is 12.1. The standard InChI is InChI=1S/C35H20N2OS/c1-2-10-21(11-3-1)26-20-27-34(32-25-15-7-9-17-30(25)38-33(26)32)39-35(36-27)37-28-16-8-6-14-24(28)31-23-13-5-4-12-22(23)18-19-29(31)37/h1-20H. The van der Waals surface area contributed by atoms with Gasteiger partial charge in [0, 0.05) is 27.1 Å². The zero-order valence-electron chi connectivity index (χ0n) is 20.8. The minimum atomic E-state index is 0.899. The van der Waals surface area contributed by atoms with Crippen molar-refractivity contribution >= 4 is 76.1 Å². The van der Waals surface area contributed by atoms with Crippen molar-refractivity contribution in [3.8, 4) is 16.3 Å². The van der Waals surface area contributed by atoms with E-state index in [-0.39, 0.29) is 0 Å². The third-order valence-electron chi connectivity index (χ3n) is 7.83. The minimum Gasteiger partial charge on any atom is -0.455 e. The fourth-order valence-electron chi connectivity index (χ4n) is 6.13. The van der Waals surface area contributed by atoms with Crippen LogP contribution in [-0.2, 0) is 0 Å². The summed E-state index contributed by atoms with van der Waals surface area (Å²) in [6.07, 6.45) is 0. The lowest BCUT2D eigenvalue weighted by Crippen LogP contribution is -1.92. The van der Waals surface area contributed by atoms with Crippen LogP contribution in [0.2, 0.25) is 0 Å². The number of hydrogen-bond acceptors (Lipinski definition) is 3. The fraction of sp³-hybridized carbons (Fsp3) is 0. The van der Waals surface area contributed by atoms with Gasteiger partial charge in [-0.05, 0) is 40.6 Å². The summed E-state index contributed by atoms with van der Waals surface area (Å²) in [5.41, 5.74) is 7.33. The van der Waals surface area contributed by atoms with Gasteiger partial charge < -0.3 is 4.42 Å². The van der Waals surface area contributed by atoms with Gasteiger partial charge in [-0.2, -0.15) is 0 Å². The first-order chi connectivity index (χ1) is 19.3. The van der Waals surface area contributed by atoms with Gasteiger partial charge in [0.1, 0.15) is 11.2 Å². The molecule has 0 saturated heterocycles. The van der Waals surface area contributed by atoms with E-state index in [4.69, 9.17) is 9.40 Å². The molecule has 6 aromatic carbocycles. The molecule has 3 nitrogen and oxygen atoms in total. The molecular weight excluding hydrogens is 496 g/mol. The zero-order chi connectivity index (χ0) is 25.5. The predicted molar refractivity (Wildman–Crippen MR) is 164 cm³/mol. The largest absolute Gasteiger partial charge is 0.455 e. The Hall–Kier alpha value is -4.93. The molecule has 9 rings (SSSR count). The topological polar surface area (TPSA) is 31.0 Å². The molecule has 0 N–H and O–H groups in total. The van der Waals surface area contributed by atoms with Gasteiger partial charge in [-0.3, -0.25) is 4.57 Å². The highest BCUT2D eigenvalue weighted by molar-refractivity contribution is 7.22. The summed E-state index contributed by atoms with van der Waals surface area (Å²) in [6.45, 7) is 0. The number of para-hydroxylation sites is 2. The van der Waals surface area contributed by atoms with E-state index < -0.39 is 0 Å². The summed E-state index contributed by atoms with van der Waals surface area (Å²) in [6, 6.07) is 42.7. The van der Waals surface area contributed by atoms with Gasteiger partial charge in [0.25, 0.3) is 0 Å². The highest BCUT2D eigenvalue weighted by Gasteiger charge is 2.22. The summed E-state index contributed by atoms with van der Waals surface area (Å²) in [4.78, 5) is 5.30. The molecule has 4 heteroatoms. The van der Waals surface area contributed by atoms with Crippen LogP contribution in [0.5, 0.6) is 0 Å². The summed E-state index contributed by atoms with van der Waals surface area (Å²) in [5, 5.41) is 8.25. The van der Waals surface area contributed by atoms with Crippen LogP contribution in [0.4, 0.5) is 0 Å². The molecule has 0 bridgehead atoms. The highest BCUT2D eigenvalue weighted by atomic mass is 32.1. The van der Waals surface area contributed by atoms with E-state index in [1.807, 2.05) is 12.1 Å². The SMILES string of the molecule is c1ccc(-c2cc3nc(-n4c5ccccc5c5c6ccccc6ccc54)sc3c3c2oc2ccccc23)cc1. The van der Waals surface area contributed by atoms with E-state index in [0.717, 1.165) is 48.4 Å². The third kappa shape index (κ3) is 2.89. The summed E-state index contributed by atoms with van der Waals surface area (Å²) < 4.78 is 9.99. The quantitative estimate of drug-likeness (QED) is 0.229. The molecule has 3 heterocycles. The maximum atomic E-state index is 6.51. The van der Waals surface area contributed by atoms with Crippen LogP contribution in [0.1, 0.15) is 0 Å². The molecule has 182 valence electrons. The van der Waals surface area contributed by atoms with Gasteiger partial charge >= 0.3 is 0 Å². The summed E-state index contributed by atoms with van der Waals surface area (Å²) in [5.74, 6) is 0. The number of nitrogens with zero attached hydrogens (tertiary/aromatic N) is 2. The maximum Gasteiger partial charge on any atom is 0.195 e. The maximum absolute atomic E-state index is 6.51. The number of furan rings is 1. The Bertz CT molecular complexity index is 2390. The van der Waals surface area contributed by atoms with E-state index >= 15 is 0 Å². The zero-order valence-corrected chi connectivity index (χ0v) is 21.6. The second kappa shape index (κ2) is 7.79. The molecule has 0 unspecified atom stereocenters. The van der Waals surface area contributed by atoms with Crippen LogP contribution >= 0.6 is 11.3 Å². The number of hydrogen-bond donors (Lipinski definition) is 0. The van der Waals surface area contributed by atoms with Gasteiger partial charge in [0.15, 0.2) is 5.13 Å². The van der Waals surface area contributed by atoms with Crippen LogP contribution in [-0.4, -0.2) is 9.55 Å². The molecule has 0 atom stereocenters. The van der Waals surface area contributed by atoms with Gasteiger partial charge in [0.05, 0.1) is 21.3 Å². The molecule has 3 aromatic heterocycles. The number of aromatic nitrogens is 2. The smallest absolute Gasteiger partial charge is 0.195 e. The molecule has 0 aliphatic heterocycles. The molecule has 0 spiro atoms. The lowest BCUT2D eigenvalue weighted by Gasteiger charge is -2.04. The predicted octanol–water partition coefficient (Wildman–Crippen LogP) is 10.1. The number of rotatable bonds is 2. The van der Waals surface area contributed by atoms with Crippen LogP contribution in [0.3, 0.4) is 0 Å². The van der Waals surface area contributed by atoms with Crippen LogP contribution in [0.15, 0.2) is 126 Å². The average molecular weight is 517 g/mol. The fourth-order valence-corrected chi connectivity index (χ4v) is 7.26. The lowest BCUT2D eigenvalue weighted by molar-refractivity contribution is 0.670. The molecule has 39 heavy (non-hydrogen) atoms. The van der Waals surface area contributed by atoms with Crippen LogP contribution in [0.25, 0.3) is 81.0 Å². The monoisotopic (exact) mass is 516 g/mol. The van der Waals surface area contributed by atoms with E-state index in [9.17, 15) is 0 Å². The van der Waals surface area contributed by atoms with Crippen molar-refractivity contribution in [1.82, 2.24) is 9.55 Å². The van der Waals surface area contributed by atoms with Gasteiger partial charge in [0.2, 0.25) is 0 Å². The minimum absolute atomic E-state index is 0.899. The van der Waals surface area contributed by atoms with Crippen molar-refractivity contribution in [2.75, 3.05) is 0 Å². The molecule has 0 amide bonds. The van der Waals surface area contributed by atoms with Crippen molar-refractivity contribution in [1.29, 1.82) is 0 Å². The van der Waals surface area contributed by atoms with E-state index in [2.05, 4.69) is 114 Å². The third-order valence-corrected chi connectivity index (χ3v) is 8.90. The van der Waals surface area contributed by atoms with E-state index in [1.165, 1.54) is 32.6 Å². The van der Waals surface area contributed by atoms with Crippen molar-refractivity contribution in [3.05, 3.63) is 121 Å². The number of benzene rings is 6. The van der Waals surface area contributed by atoms with Crippen molar-refractivity contribution in [3.63, 3.8) is 0 Å². The average Bonchev–Trinajstić information content (AvgIpc) is 3.68. The summed E-state index contributed by atoms with van der Waals surface area (Å²) >= 11 is 1.73. The van der Waals surface area contributed by atoms with E-state index in [0.29, 0.717) is 0 Å².